The lowest BCUT2D eigenvalue weighted by Crippen LogP contribution is -2.42. The van der Waals surface area contributed by atoms with Crippen molar-refractivity contribution in [2.45, 2.75) is 12.7 Å². The summed E-state index contributed by atoms with van der Waals surface area (Å²) in [5.41, 5.74) is 3.66. The Morgan fingerprint density at radius 1 is 0.880 bits per heavy atom. The molecule has 1 atom stereocenters. The molecule has 25 heavy (non-hydrogen) atoms. The fourth-order valence-corrected chi connectivity index (χ4v) is 3.27. The smallest absolute Gasteiger partial charge is 0.258 e. The van der Waals surface area contributed by atoms with Gasteiger partial charge < -0.3 is 10.2 Å². The molecule has 1 N–H and O–H groups in total. The van der Waals surface area contributed by atoms with Gasteiger partial charge in [0.05, 0.1) is 5.56 Å². The zero-order valence-corrected chi connectivity index (χ0v) is 14.3. The zero-order chi connectivity index (χ0) is 17.2. The van der Waals surface area contributed by atoms with Crippen LogP contribution < -0.4 is 5.32 Å². The van der Waals surface area contributed by atoms with Crippen molar-refractivity contribution in [2.24, 2.45) is 0 Å². The van der Waals surface area contributed by atoms with Gasteiger partial charge in [0, 0.05) is 17.3 Å². The number of fused-ring (bicyclic) bond motifs is 1. The molecule has 1 amide bonds. The standard InChI is InChI=1S/C21H17ClN2O/c22-17-12-10-15(11-13-17)14-24-20(16-6-2-1-3-7-16)23-19-9-5-4-8-18(19)21(24)25/h1-13,20,23H,14H2/t20-/m0/s1. The SMILES string of the molecule is O=C1c2ccccc2N[C@H](c2ccccc2)N1Cc1ccc(Cl)cc1. The van der Waals surface area contributed by atoms with Crippen LogP contribution in [-0.2, 0) is 6.54 Å². The summed E-state index contributed by atoms with van der Waals surface area (Å²) in [5.74, 6) is 0.0261. The third-order valence-electron chi connectivity index (χ3n) is 4.40. The third-order valence-corrected chi connectivity index (χ3v) is 4.66. The Morgan fingerprint density at radius 3 is 2.32 bits per heavy atom. The normalized spacial score (nSPS) is 16.3. The van der Waals surface area contributed by atoms with E-state index in [0.29, 0.717) is 17.1 Å². The first-order valence-corrected chi connectivity index (χ1v) is 8.56. The van der Waals surface area contributed by atoms with Gasteiger partial charge in [0.15, 0.2) is 0 Å². The van der Waals surface area contributed by atoms with Crippen LogP contribution in [0.3, 0.4) is 0 Å². The number of halogens is 1. The summed E-state index contributed by atoms with van der Waals surface area (Å²) in [6, 6.07) is 25.3. The fourth-order valence-electron chi connectivity index (χ4n) is 3.14. The first-order chi connectivity index (χ1) is 12.2. The molecule has 0 saturated heterocycles. The van der Waals surface area contributed by atoms with Crippen molar-refractivity contribution in [3.63, 3.8) is 0 Å². The molecule has 0 radical (unpaired) electrons. The number of hydrogen-bond acceptors (Lipinski definition) is 2. The van der Waals surface area contributed by atoms with Gasteiger partial charge in [-0.05, 0) is 35.4 Å². The highest BCUT2D eigenvalue weighted by Gasteiger charge is 2.32. The van der Waals surface area contributed by atoms with Gasteiger partial charge in [0.25, 0.3) is 5.91 Å². The quantitative estimate of drug-likeness (QED) is 0.713. The minimum absolute atomic E-state index is 0.0261. The summed E-state index contributed by atoms with van der Waals surface area (Å²) in [4.78, 5) is 15.0. The average Bonchev–Trinajstić information content (AvgIpc) is 2.66. The van der Waals surface area contributed by atoms with Gasteiger partial charge in [-0.1, -0.05) is 66.2 Å². The highest BCUT2D eigenvalue weighted by molar-refractivity contribution is 6.30. The Bertz CT molecular complexity index is 893. The summed E-state index contributed by atoms with van der Waals surface area (Å²) < 4.78 is 0. The van der Waals surface area contributed by atoms with Gasteiger partial charge in [0.1, 0.15) is 6.17 Å². The number of carbonyl (C=O) groups excluding carboxylic acids is 1. The van der Waals surface area contributed by atoms with Crippen molar-refractivity contribution < 1.29 is 4.79 Å². The highest BCUT2D eigenvalue weighted by atomic mass is 35.5. The second kappa shape index (κ2) is 6.61. The maximum Gasteiger partial charge on any atom is 0.258 e. The maximum atomic E-state index is 13.1. The number of para-hydroxylation sites is 1. The number of amides is 1. The molecule has 0 aliphatic carbocycles. The Kier molecular flexibility index (Phi) is 4.16. The van der Waals surface area contributed by atoms with Crippen molar-refractivity contribution in [2.75, 3.05) is 5.32 Å². The van der Waals surface area contributed by atoms with E-state index < -0.39 is 0 Å². The molecule has 3 nitrogen and oxygen atoms in total. The molecule has 0 spiro atoms. The maximum absolute atomic E-state index is 13.1. The van der Waals surface area contributed by atoms with E-state index in [1.54, 1.807) is 0 Å². The molecule has 1 heterocycles. The van der Waals surface area contributed by atoms with Gasteiger partial charge in [0.2, 0.25) is 0 Å². The molecule has 4 heteroatoms. The van der Waals surface area contributed by atoms with Gasteiger partial charge in [-0.2, -0.15) is 0 Å². The number of benzene rings is 3. The topological polar surface area (TPSA) is 32.3 Å². The van der Waals surface area contributed by atoms with Crippen molar-refractivity contribution in [3.05, 3.63) is 101 Å². The molecule has 4 rings (SSSR count). The van der Waals surface area contributed by atoms with E-state index >= 15 is 0 Å². The van der Waals surface area contributed by atoms with Crippen molar-refractivity contribution in [1.82, 2.24) is 4.90 Å². The number of anilines is 1. The largest absolute Gasteiger partial charge is 0.361 e. The van der Waals surface area contributed by atoms with Crippen molar-refractivity contribution in [3.8, 4) is 0 Å². The zero-order valence-electron chi connectivity index (χ0n) is 13.5. The summed E-state index contributed by atoms with van der Waals surface area (Å²) in [6.45, 7) is 0.511. The Hall–Kier alpha value is -2.78. The number of nitrogens with zero attached hydrogens (tertiary/aromatic N) is 1. The third kappa shape index (κ3) is 3.11. The van der Waals surface area contributed by atoms with E-state index in [1.807, 2.05) is 83.8 Å². The number of nitrogens with one attached hydrogen (secondary N) is 1. The summed E-state index contributed by atoms with van der Waals surface area (Å²) >= 11 is 5.98. The molecule has 1 aliphatic heterocycles. The van der Waals surface area contributed by atoms with E-state index in [0.717, 1.165) is 16.8 Å². The number of rotatable bonds is 3. The van der Waals surface area contributed by atoms with E-state index in [2.05, 4.69) is 5.32 Å². The number of carbonyl (C=O) groups is 1. The van der Waals surface area contributed by atoms with Crippen LogP contribution in [0.2, 0.25) is 5.02 Å². The Labute approximate surface area is 151 Å². The summed E-state index contributed by atoms with van der Waals surface area (Å²) in [6.07, 6.45) is -0.209. The minimum Gasteiger partial charge on any atom is -0.361 e. The predicted octanol–water partition coefficient (Wildman–Crippen LogP) is 5.11. The molecule has 3 aromatic rings. The fraction of sp³-hybridized carbons (Fsp3) is 0.0952. The van der Waals surface area contributed by atoms with Crippen LogP contribution >= 0.6 is 11.6 Å². The van der Waals surface area contributed by atoms with Crippen LogP contribution in [-0.4, -0.2) is 10.8 Å². The first kappa shape index (κ1) is 15.7. The molecule has 0 saturated carbocycles. The van der Waals surface area contributed by atoms with E-state index in [1.165, 1.54) is 0 Å². The Balaban J connectivity index is 1.74. The van der Waals surface area contributed by atoms with Gasteiger partial charge in [-0.3, -0.25) is 4.79 Å². The lowest BCUT2D eigenvalue weighted by Gasteiger charge is -2.38. The van der Waals surface area contributed by atoms with Crippen LogP contribution in [0.1, 0.15) is 27.7 Å². The molecule has 0 unspecified atom stereocenters. The van der Waals surface area contributed by atoms with Crippen molar-refractivity contribution >= 4 is 23.2 Å². The molecular weight excluding hydrogens is 332 g/mol. The number of hydrogen-bond donors (Lipinski definition) is 1. The second-order valence-electron chi connectivity index (χ2n) is 6.06. The van der Waals surface area contributed by atoms with Gasteiger partial charge >= 0.3 is 0 Å². The molecule has 0 aromatic heterocycles. The van der Waals surface area contributed by atoms with E-state index in [-0.39, 0.29) is 12.1 Å². The van der Waals surface area contributed by atoms with Crippen LogP contribution in [0.5, 0.6) is 0 Å². The van der Waals surface area contributed by atoms with Gasteiger partial charge in [-0.15, -0.1) is 0 Å². The second-order valence-corrected chi connectivity index (χ2v) is 6.50. The molecule has 1 aliphatic rings. The highest BCUT2D eigenvalue weighted by Crippen LogP contribution is 2.34. The lowest BCUT2D eigenvalue weighted by atomic mass is 10.0. The molecule has 124 valence electrons. The summed E-state index contributed by atoms with van der Waals surface area (Å²) in [7, 11) is 0. The molecular formula is C21H17ClN2O. The lowest BCUT2D eigenvalue weighted by molar-refractivity contribution is 0.0666. The molecule has 3 aromatic carbocycles. The monoisotopic (exact) mass is 348 g/mol. The predicted molar refractivity (Wildman–Crippen MR) is 101 cm³/mol. The molecule has 0 fully saturated rings. The minimum atomic E-state index is -0.209. The Morgan fingerprint density at radius 2 is 1.56 bits per heavy atom. The van der Waals surface area contributed by atoms with E-state index in [4.69, 9.17) is 11.6 Å². The summed E-state index contributed by atoms with van der Waals surface area (Å²) in [5, 5.41) is 4.20. The molecule has 0 bridgehead atoms. The van der Waals surface area contributed by atoms with E-state index in [9.17, 15) is 4.79 Å². The van der Waals surface area contributed by atoms with Crippen LogP contribution in [0.4, 0.5) is 5.69 Å². The van der Waals surface area contributed by atoms with Crippen LogP contribution in [0, 0.1) is 0 Å². The van der Waals surface area contributed by atoms with Crippen LogP contribution in [0.15, 0.2) is 78.9 Å². The average molecular weight is 349 g/mol. The van der Waals surface area contributed by atoms with Gasteiger partial charge in [-0.25, -0.2) is 0 Å². The van der Waals surface area contributed by atoms with Crippen molar-refractivity contribution in [1.29, 1.82) is 0 Å². The first-order valence-electron chi connectivity index (χ1n) is 8.18. The van der Waals surface area contributed by atoms with Crippen LogP contribution in [0.25, 0.3) is 0 Å².